The average molecular weight is 466 g/mol. The molecule has 0 amide bonds. The van der Waals surface area contributed by atoms with Crippen LogP contribution in [0.3, 0.4) is 0 Å². The van der Waals surface area contributed by atoms with Crippen molar-refractivity contribution < 1.29 is 13.9 Å². The van der Waals surface area contributed by atoms with Crippen LogP contribution in [0.4, 0.5) is 14.6 Å². The lowest BCUT2D eigenvalue weighted by Crippen LogP contribution is -2.66. The monoisotopic (exact) mass is 466 g/mol. The summed E-state index contributed by atoms with van der Waals surface area (Å²) in [5.74, 6) is -0.262. The molecule has 5 rings (SSSR count). The molecule has 2 saturated heterocycles. The number of nitrogens with one attached hydrogen (secondary N) is 1. The molecular weight excluding hydrogens is 442 g/mol. The van der Waals surface area contributed by atoms with Gasteiger partial charge in [0.1, 0.15) is 18.0 Å². The lowest BCUT2D eigenvalue weighted by molar-refractivity contribution is 0.0607. The Morgan fingerprint density at radius 1 is 1.35 bits per heavy atom. The summed E-state index contributed by atoms with van der Waals surface area (Å²) in [7, 11) is 1.80. The van der Waals surface area contributed by atoms with Crippen molar-refractivity contribution in [2.45, 2.75) is 56.4 Å². The topological polar surface area (TPSA) is 116 Å². The molecule has 2 aliphatic rings. The number of aromatic hydroxyl groups is 1. The maximum Gasteiger partial charge on any atom is 0.198 e. The molecule has 2 bridgehead atoms. The fourth-order valence-corrected chi connectivity index (χ4v) is 5.03. The van der Waals surface area contributed by atoms with Crippen LogP contribution in [0.15, 0.2) is 30.6 Å². The van der Waals surface area contributed by atoms with Crippen molar-refractivity contribution in [3.63, 3.8) is 0 Å². The van der Waals surface area contributed by atoms with Crippen LogP contribution in [0, 0.1) is 17.1 Å². The minimum Gasteiger partial charge on any atom is -0.507 e. The van der Waals surface area contributed by atoms with Crippen LogP contribution in [0.5, 0.6) is 5.75 Å². The van der Waals surface area contributed by atoms with Crippen LogP contribution < -0.4 is 10.2 Å². The van der Waals surface area contributed by atoms with E-state index in [4.69, 9.17) is 5.26 Å². The first kappa shape index (κ1) is 22.2. The summed E-state index contributed by atoms with van der Waals surface area (Å²) in [6.45, 7) is 2.14. The van der Waals surface area contributed by atoms with Crippen molar-refractivity contribution >= 4 is 5.82 Å². The van der Waals surface area contributed by atoms with E-state index in [0.29, 0.717) is 23.5 Å². The molecule has 4 atom stereocenters. The third-order valence-corrected chi connectivity index (χ3v) is 6.86. The van der Waals surface area contributed by atoms with Gasteiger partial charge in [-0.1, -0.05) is 0 Å². The standard InChI is InChI=1S/C23H24F2N8O/c1-23-7-3-4-16(28-23)21(25)18(9-23)32(2)20-11-27-22(30-29-20)14-6-5-13(8-19(14)34)33-12-15(24)17(10-26)31-33/h5-6,8,11-12,16,18,21,28,34H,3-4,7,9H2,1-2H3/t16-,18-,21+,23-/m1/s1. The quantitative estimate of drug-likeness (QED) is 0.603. The molecule has 0 saturated carbocycles. The van der Waals surface area contributed by atoms with E-state index in [-0.39, 0.29) is 34.9 Å². The Hall–Kier alpha value is -3.65. The Morgan fingerprint density at radius 2 is 2.18 bits per heavy atom. The Balaban J connectivity index is 1.36. The van der Waals surface area contributed by atoms with E-state index in [2.05, 4.69) is 32.5 Å². The molecule has 3 aromatic rings. The Bertz CT molecular complexity index is 1260. The predicted octanol–water partition coefficient (Wildman–Crippen LogP) is 2.89. The number of anilines is 1. The number of rotatable bonds is 4. The van der Waals surface area contributed by atoms with Crippen molar-refractivity contribution in [2.24, 2.45) is 0 Å². The van der Waals surface area contributed by atoms with E-state index in [1.165, 1.54) is 12.3 Å². The third-order valence-electron chi connectivity index (χ3n) is 6.86. The fourth-order valence-electron chi connectivity index (χ4n) is 5.03. The van der Waals surface area contributed by atoms with Crippen molar-refractivity contribution in [3.8, 4) is 28.9 Å². The number of phenols is 1. The second-order valence-corrected chi connectivity index (χ2v) is 9.25. The first-order valence-electron chi connectivity index (χ1n) is 11.1. The molecule has 11 heteroatoms. The Kier molecular flexibility index (Phi) is 5.40. The number of nitrogens with zero attached hydrogens (tertiary/aromatic N) is 7. The Morgan fingerprint density at radius 3 is 2.85 bits per heavy atom. The maximum absolute atomic E-state index is 15.2. The minimum atomic E-state index is -1.02. The molecule has 9 nitrogen and oxygen atoms in total. The minimum absolute atomic E-state index is 0.0930. The number of piperidine rings is 2. The van der Waals surface area contributed by atoms with Gasteiger partial charge in [0.25, 0.3) is 0 Å². The highest BCUT2D eigenvalue weighted by Gasteiger charge is 2.47. The third kappa shape index (κ3) is 3.84. The van der Waals surface area contributed by atoms with Crippen molar-refractivity contribution in [2.75, 3.05) is 11.9 Å². The van der Waals surface area contributed by atoms with Gasteiger partial charge in [0.2, 0.25) is 0 Å². The number of fused-ring (bicyclic) bond motifs is 2. The van der Waals surface area contributed by atoms with E-state index >= 15 is 4.39 Å². The summed E-state index contributed by atoms with van der Waals surface area (Å²) in [6.07, 6.45) is 5.08. The number of nitriles is 1. The van der Waals surface area contributed by atoms with Gasteiger partial charge >= 0.3 is 0 Å². The zero-order chi connectivity index (χ0) is 24.0. The summed E-state index contributed by atoms with van der Waals surface area (Å²) in [5.41, 5.74) is 0.262. The molecule has 0 aliphatic carbocycles. The van der Waals surface area contributed by atoms with Crippen molar-refractivity contribution in [3.05, 3.63) is 42.1 Å². The van der Waals surface area contributed by atoms with Crippen LogP contribution in [0.25, 0.3) is 17.1 Å². The van der Waals surface area contributed by atoms with Crippen LogP contribution in [-0.2, 0) is 0 Å². The van der Waals surface area contributed by atoms with Crippen LogP contribution in [0.1, 0.15) is 38.3 Å². The van der Waals surface area contributed by atoms with E-state index in [9.17, 15) is 9.50 Å². The number of halogens is 2. The summed E-state index contributed by atoms with van der Waals surface area (Å²) >= 11 is 0. The zero-order valence-corrected chi connectivity index (χ0v) is 18.8. The maximum atomic E-state index is 15.2. The SMILES string of the molecule is CN(c1cnc(-c2ccc(-n3cc(F)c(C#N)n3)cc2O)nn1)[C@@H]1C[C@@]2(C)CCC[C@@H](N2)[C@@H]1F. The lowest BCUT2D eigenvalue weighted by Gasteiger charge is -2.51. The molecule has 2 fully saturated rings. The Labute approximate surface area is 195 Å². The lowest BCUT2D eigenvalue weighted by atomic mass is 9.74. The number of phenolic OH excluding ortho intramolecular Hbond substituents is 1. The molecule has 0 radical (unpaired) electrons. The number of aromatic nitrogens is 5. The molecule has 2 aliphatic heterocycles. The molecule has 34 heavy (non-hydrogen) atoms. The van der Waals surface area contributed by atoms with Crippen LogP contribution in [0.2, 0.25) is 0 Å². The van der Waals surface area contributed by atoms with E-state index in [1.807, 2.05) is 0 Å². The second kappa shape index (κ2) is 8.29. The van der Waals surface area contributed by atoms with Gasteiger partial charge in [-0.3, -0.25) is 0 Å². The summed E-state index contributed by atoms with van der Waals surface area (Å²) in [4.78, 5) is 6.13. The van der Waals surface area contributed by atoms with Crippen LogP contribution in [-0.4, -0.2) is 60.9 Å². The van der Waals surface area contributed by atoms with Gasteiger partial charge < -0.3 is 15.3 Å². The first-order valence-corrected chi connectivity index (χ1v) is 11.1. The molecule has 1 aromatic carbocycles. The van der Waals surface area contributed by atoms with E-state index in [0.717, 1.165) is 30.1 Å². The van der Waals surface area contributed by atoms with E-state index in [1.54, 1.807) is 30.1 Å². The van der Waals surface area contributed by atoms with Gasteiger partial charge in [-0.2, -0.15) is 10.4 Å². The average Bonchev–Trinajstić information content (AvgIpc) is 3.22. The number of hydrogen-bond donors (Lipinski definition) is 2. The number of benzene rings is 1. The molecule has 0 spiro atoms. The highest BCUT2D eigenvalue weighted by Crippen LogP contribution is 2.38. The van der Waals surface area contributed by atoms with Gasteiger partial charge in [0.15, 0.2) is 23.2 Å². The molecule has 0 unspecified atom stereocenters. The smallest absolute Gasteiger partial charge is 0.198 e. The largest absolute Gasteiger partial charge is 0.507 e. The van der Waals surface area contributed by atoms with Crippen molar-refractivity contribution in [1.82, 2.24) is 30.3 Å². The van der Waals surface area contributed by atoms with Crippen molar-refractivity contribution in [1.29, 1.82) is 5.26 Å². The fraction of sp³-hybridized carbons (Fsp3) is 0.435. The molecule has 176 valence electrons. The highest BCUT2D eigenvalue weighted by molar-refractivity contribution is 5.66. The van der Waals surface area contributed by atoms with Crippen LogP contribution >= 0.6 is 0 Å². The summed E-state index contributed by atoms with van der Waals surface area (Å²) in [5, 5.41) is 35.1. The highest BCUT2D eigenvalue weighted by atomic mass is 19.1. The van der Waals surface area contributed by atoms with Gasteiger partial charge in [0, 0.05) is 24.7 Å². The van der Waals surface area contributed by atoms with Gasteiger partial charge in [-0.25, -0.2) is 18.4 Å². The van der Waals surface area contributed by atoms with Gasteiger partial charge in [-0.15, -0.1) is 10.2 Å². The van der Waals surface area contributed by atoms with E-state index < -0.39 is 12.0 Å². The molecule has 4 heterocycles. The second-order valence-electron chi connectivity index (χ2n) is 9.25. The zero-order valence-electron chi connectivity index (χ0n) is 18.8. The molecular formula is C23H24F2N8O. The first-order chi connectivity index (χ1) is 16.3. The number of alkyl halides is 1. The molecule has 2 aromatic heterocycles. The molecule has 2 N–H and O–H groups in total. The van der Waals surface area contributed by atoms with Gasteiger partial charge in [0.05, 0.1) is 29.7 Å². The van der Waals surface area contributed by atoms with Gasteiger partial charge in [-0.05, 0) is 44.7 Å². The summed E-state index contributed by atoms with van der Waals surface area (Å²) in [6, 6.07) is 5.68. The predicted molar refractivity (Wildman–Crippen MR) is 120 cm³/mol. The summed E-state index contributed by atoms with van der Waals surface area (Å²) < 4.78 is 30.0. The number of hydrogen-bond acceptors (Lipinski definition) is 8. The normalized spacial score (nSPS) is 26.1.